The normalized spacial score (nSPS) is 17.2. The van der Waals surface area contributed by atoms with E-state index < -0.39 is 189 Å². The second-order valence-corrected chi connectivity index (χ2v) is 19.2. The lowest BCUT2D eigenvalue weighted by molar-refractivity contribution is -0.146. The lowest BCUT2D eigenvalue weighted by Crippen LogP contribution is -2.60. The monoisotopic (exact) mass is 1080 g/mol. The highest BCUT2D eigenvalue weighted by molar-refractivity contribution is 5.99. The zero-order valence-electron chi connectivity index (χ0n) is 43.1. The minimum atomic E-state index is -1.94. The highest BCUT2D eigenvalue weighted by Crippen LogP contribution is 2.23. The van der Waals surface area contributed by atoms with Crippen molar-refractivity contribution in [2.24, 2.45) is 17.6 Å². The van der Waals surface area contributed by atoms with E-state index in [-0.39, 0.29) is 31.1 Å². The average Bonchev–Trinajstić information content (AvgIpc) is 3.72. The molecule has 0 radical (unpaired) electrons. The van der Waals surface area contributed by atoms with E-state index in [0.717, 1.165) is 13.8 Å². The van der Waals surface area contributed by atoms with Gasteiger partial charge in [0.15, 0.2) is 0 Å². The summed E-state index contributed by atoms with van der Waals surface area (Å²) in [6, 6.07) is -4.45. The largest absolute Gasteiger partial charge is 0.481 e. The van der Waals surface area contributed by atoms with Crippen LogP contribution in [0.4, 0.5) is 4.39 Å². The summed E-state index contributed by atoms with van der Waals surface area (Å²) in [4.78, 5) is 168. The molecule has 28 heteroatoms. The number of aliphatic hydroxyl groups is 1. The molecule has 10 atom stereocenters. The number of carboxylic acid groups (broad SMARTS) is 3. The van der Waals surface area contributed by atoms with Gasteiger partial charge in [0.1, 0.15) is 54.5 Å². The summed E-state index contributed by atoms with van der Waals surface area (Å²) >= 11 is 0. The first-order chi connectivity index (χ1) is 35.5. The van der Waals surface area contributed by atoms with Crippen LogP contribution in [0.15, 0.2) is 30.3 Å². The molecule has 14 N–H and O–H groups in total. The van der Waals surface area contributed by atoms with Crippen molar-refractivity contribution in [1.82, 2.24) is 47.4 Å². The number of alkyl halides is 1. The number of benzene rings is 1. The van der Waals surface area contributed by atoms with Crippen molar-refractivity contribution in [3.63, 3.8) is 0 Å². The lowest BCUT2D eigenvalue weighted by Gasteiger charge is -2.30. The number of rotatable bonds is 32. The second-order valence-electron chi connectivity index (χ2n) is 19.2. The van der Waals surface area contributed by atoms with E-state index >= 15 is 4.39 Å². The van der Waals surface area contributed by atoms with Crippen LogP contribution in [0.3, 0.4) is 0 Å². The SMILES string of the molecule is CC(=O)N[C@@H](CC(C)C)C(=O)N[C@@H](CC(=O)O)C(=O)N1C[C@H](F)C[C@H]1C(=O)N[C@@H](CCC(=O)O)C(=O)N[C@H](C(=O)NCC(=O)N[C@@H](CCC(=O)O)C(=O)N[C@@H](Cc1ccccc1)C(=O)N[C@@H](CC(C)C)C(N)=O)[C@@H](C)O. The molecule has 1 aliphatic rings. The number of carboxylic acids is 3. The fourth-order valence-corrected chi connectivity index (χ4v) is 7.92. The smallest absolute Gasteiger partial charge is 0.305 e. The molecule has 1 aromatic rings. The maximum atomic E-state index is 15.0. The Labute approximate surface area is 437 Å². The van der Waals surface area contributed by atoms with E-state index in [9.17, 15) is 82.8 Å². The van der Waals surface area contributed by atoms with Crippen molar-refractivity contribution in [3.05, 3.63) is 35.9 Å². The van der Waals surface area contributed by atoms with Gasteiger partial charge in [-0.15, -0.1) is 0 Å². The molecule has 0 saturated carbocycles. The number of carbonyl (C=O) groups is 13. The molecular weight excluding hydrogens is 1010 g/mol. The zero-order chi connectivity index (χ0) is 57.6. The molecule has 76 heavy (non-hydrogen) atoms. The predicted octanol–water partition coefficient (Wildman–Crippen LogP) is -3.14. The Kier molecular flexibility index (Phi) is 26.4. The van der Waals surface area contributed by atoms with Gasteiger partial charge in [-0.2, -0.15) is 0 Å². The number of amides is 10. The van der Waals surface area contributed by atoms with Gasteiger partial charge in [-0.25, -0.2) is 4.39 Å². The van der Waals surface area contributed by atoms with Crippen molar-refractivity contribution in [2.75, 3.05) is 13.1 Å². The van der Waals surface area contributed by atoms with Crippen LogP contribution in [0, 0.1) is 11.8 Å². The van der Waals surface area contributed by atoms with Crippen LogP contribution in [-0.2, 0) is 68.7 Å². The molecule has 0 aromatic heterocycles. The zero-order valence-corrected chi connectivity index (χ0v) is 43.1. The molecule has 0 bridgehead atoms. The Morgan fingerprint density at radius 3 is 1.64 bits per heavy atom. The van der Waals surface area contributed by atoms with Crippen LogP contribution < -0.4 is 48.3 Å². The highest BCUT2D eigenvalue weighted by Gasteiger charge is 2.44. The van der Waals surface area contributed by atoms with Crippen molar-refractivity contribution >= 4 is 77.0 Å². The Balaban J connectivity index is 2.30. The standard InChI is InChI=1S/C48H71FN10O17/c1-23(2)16-31(41(50)69)55-45(73)33(18-27-10-8-7-9-11-27)56-42(70)29(12-14-37(63)64)53-36(62)21-51-47(75)40(25(5)60)58-43(71)30(13-15-38(65)66)54-46(74)35-19-28(49)22-59(35)48(76)34(20-39(67)68)57-44(72)32(17-24(3)4)52-26(6)61/h7-11,23-25,28-35,40,60H,12-22H2,1-6H3,(H2,50,69)(H,51,75)(H,52,61)(H,53,62)(H,54,74)(H,55,73)(H,56,70)(H,57,72)(H,58,71)(H,63,64)(H,65,66)(H,67,68)/t25-,28-,29+,30+,31+,32+,33+,34+,35+,40+/m1/s1. The maximum absolute atomic E-state index is 15.0. The minimum Gasteiger partial charge on any atom is -0.481 e. The molecule has 422 valence electrons. The number of primary amides is 1. The number of nitrogens with zero attached hydrogens (tertiary/aromatic N) is 1. The average molecular weight is 1080 g/mol. The van der Waals surface area contributed by atoms with Crippen LogP contribution in [0.2, 0.25) is 0 Å². The van der Waals surface area contributed by atoms with E-state index in [1.54, 1.807) is 58.0 Å². The molecule has 1 aromatic carbocycles. The first-order valence-corrected chi connectivity index (χ1v) is 24.5. The lowest BCUT2D eigenvalue weighted by atomic mass is 10.0. The van der Waals surface area contributed by atoms with Crippen molar-refractivity contribution in [3.8, 4) is 0 Å². The fraction of sp³-hybridized carbons (Fsp3) is 0.604. The molecule has 0 spiro atoms. The van der Waals surface area contributed by atoms with E-state index in [4.69, 9.17) is 5.73 Å². The fourth-order valence-electron chi connectivity index (χ4n) is 7.92. The summed E-state index contributed by atoms with van der Waals surface area (Å²) < 4.78 is 15.0. The summed E-state index contributed by atoms with van der Waals surface area (Å²) in [5, 5.41) is 57.5. The van der Waals surface area contributed by atoms with Crippen LogP contribution in [0.1, 0.15) is 98.5 Å². The molecule has 0 unspecified atom stereocenters. The van der Waals surface area contributed by atoms with Gasteiger partial charge in [-0.3, -0.25) is 62.3 Å². The third-order valence-electron chi connectivity index (χ3n) is 11.6. The Bertz CT molecular complexity index is 2270. The molecule has 2 rings (SSSR count). The van der Waals surface area contributed by atoms with Gasteiger partial charge in [0.2, 0.25) is 59.1 Å². The third kappa shape index (κ3) is 22.8. The minimum absolute atomic E-state index is 0.0760. The first-order valence-electron chi connectivity index (χ1n) is 24.5. The number of hydrogen-bond donors (Lipinski definition) is 13. The number of halogens is 1. The summed E-state index contributed by atoms with van der Waals surface area (Å²) in [7, 11) is 0. The van der Waals surface area contributed by atoms with E-state index in [0.29, 0.717) is 10.5 Å². The molecule has 27 nitrogen and oxygen atoms in total. The molecule has 0 aliphatic carbocycles. The topological polar surface area (TPSA) is 428 Å². The summed E-state index contributed by atoms with van der Waals surface area (Å²) in [5.41, 5.74) is 6.08. The molecular formula is C48H71FN10O17. The molecule has 1 heterocycles. The van der Waals surface area contributed by atoms with Crippen LogP contribution in [0.25, 0.3) is 0 Å². The van der Waals surface area contributed by atoms with Gasteiger partial charge in [0.25, 0.3) is 0 Å². The van der Waals surface area contributed by atoms with Crippen molar-refractivity contribution in [2.45, 2.75) is 160 Å². The predicted molar refractivity (Wildman–Crippen MR) is 263 cm³/mol. The van der Waals surface area contributed by atoms with E-state index in [2.05, 4.69) is 42.5 Å². The van der Waals surface area contributed by atoms with Gasteiger partial charge in [0.05, 0.1) is 25.6 Å². The van der Waals surface area contributed by atoms with Gasteiger partial charge >= 0.3 is 17.9 Å². The molecule has 10 amide bonds. The van der Waals surface area contributed by atoms with Crippen LogP contribution >= 0.6 is 0 Å². The Morgan fingerprint density at radius 1 is 0.632 bits per heavy atom. The number of aliphatic hydroxyl groups excluding tert-OH is 1. The first kappa shape index (κ1) is 64.3. The molecule has 1 fully saturated rings. The highest BCUT2D eigenvalue weighted by atomic mass is 19.1. The number of carbonyl (C=O) groups excluding carboxylic acids is 10. The van der Waals surface area contributed by atoms with E-state index in [1.807, 2.05) is 0 Å². The van der Waals surface area contributed by atoms with Crippen LogP contribution in [-0.4, -0.2) is 176 Å². The van der Waals surface area contributed by atoms with Crippen molar-refractivity contribution in [1.29, 1.82) is 0 Å². The third-order valence-corrected chi connectivity index (χ3v) is 11.6. The van der Waals surface area contributed by atoms with Gasteiger partial charge in [0, 0.05) is 32.6 Å². The van der Waals surface area contributed by atoms with Crippen molar-refractivity contribution < 1.29 is 87.1 Å². The number of hydrogen-bond acceptors (Lipinski definition) is 14. The number of aliphatic carboxylic acids is 3. The van der Waals surface area contributed by atoms with Gasteiger partial charge in [-0.1, -0.05) is 58.0 Å². The Hall–Kier alpha value is -7.78. The number of nitrogens with one attached hydrogen (secondary N) is 8. The van der Waals surface area contributed by atoms with E-state index in [1.165, 1.54) is 0 Å². The quantitative estimate of drug-likeness (QED) is 0.0339. The number of likely N-dealkylation sites (tertiary alicyclic amines) is 1. The van der Waals surface area contributed by atoms with Crippen LogP contribution in [0.5, 0.6) is 0 Å². The van der Waals surface area contributed by atoms with Gasteiger partial charge in [-0.05, 0) is 50.0 Å². The molecule has 1 saturated heterocycles. The number of nitrogens with two attached hydrogens (primary N) is 1. The van der Waals surface area contributed by atoms with Gasteiger partial charge < -0.3 is 73.6 Å². The summed E-state index contributed by atoms with van der Waals surface area (Å²) in [6.07, 6.45) is -7.92. The summed E-state index contributed by atoms with van der Waals surface area (Å²) in [6.45, 7) is 7.45. The molecule has 1 aliphatic heterocycles. The maximum Gasteiger partial charge on any atom is 0.305 e. The second kappa shape index (κ2) is 31.2. The summed E-state index contributed by atoms with van der Waals surface area (Å²) in [5.74, 6) is -15.0. The Morgan fingerprint density at radius 2 is 1.13 bits per heavy atom.